The molecule has 0 aliphatic heterocycles. The minimum Gasteiger partial charge on any atom is -0.466 e. The molecule has 0 aliphatic rings. The molecule has 2 unspecified atom stereocenters. The Labute approximate surface area is 341 Å². The van der Waals surface area contributed by atoms with Crippen molar-refractivity contribution >= 4 is 11.9 Å². The van der Waals surface area contributed by atoms with Crippen molar-refractivity contribution in [3.05, 3.63) is 24.3 Å². The maximum absolute atomic E-state index is 12.4. The van der Waals surface area contributed by atoms with E-state index in [1.165, 1.54) is 161 Å². The number of unbranched alkanes of at least 4 members (excludes halogenated alkanes) is 29. The van der Waals surface area contributed by atoms with Crippen LogP contribution in [-0.2, 0) is 14.3 Å². The van der Waals surface area contributed by atoms with Crippen LogP contribution >= 0.6 is 0 Å². The number of carbonyl (C=O) groups excluding carboxylic acids is 2. The Kier molecular flexibility index (Phi) is 43.7. The second-order valence-corrected chi connectivity index (χ2v) is 16.4. The first kappa shape index (κ1) is 53.3. The van der Waals surface area contributed by atoms with Gasteiger partial charge in [-0.1, -0.05) is 218 Å². The number of aliphatic hydroxyl groups is 2. The number of nitrogens with one attached hydrogen (secondary N) is 1. The third-order valence-electron chi connectivity index (χ3n) is 11.0. The Morgan fingerprint density at radius 2 is 0.927 bits per heavy atom. The summed E-state index contributed by atoms with van der Waals surface area (Å²) in [5.74, 6) is -0.132. The highest BCUT2D eigenvalue weighted by molar-refractivity contribution is 5.76. The molecule has 0 aromatic heterocycles. The molecule has 0 bridgehead atoms. The first-order valence-corrected chi connectivity index (χ1v) is 24.1. The fourth-order valence-corrected chi connectivity index (χ4v) is 7.28. The number of rotatable bonds is 44. The lowest BCUT2D eigenvalue weighted by Crippen LogP contribution is -2.45. The molecule has 2 atom stereocenters. The van der Waals surface area contributed by atoms with Gasteiger partial charge in [-0.25, -0.2) is 0 Å². The number of hydrogen-bond acceptors (Lipinski definition) is 5. The molecule has 0 aliphatic carbocycles. The van der Waals surface area contributed by atoms with E-state index in [-0.39, 0.29) is 18.5 Å². The van der Waals surface area contributed by atoms with Crippen LogP contribution in [0.25, 0.3) is 0 Å². The molecule has 6 heteroatoms. The zero-order chi connectivity index (χ0) is 40.1. The first-order chi connectivity index (χ1) is 27.0. The molecular formula is C49H93NO5. The van der Waals surface area contributed by atoms with Crippen molar-refractivity contribution in [2.24, 2.45) is 0 Å². The van der Waals surface area contributed by atoms with Crippen LogP contribution in [0.3, 0.4) is 0 Å². The SMILES string of the molecule is CCCCCCCCCCCCCCCC(=O)OCCCCCCCC/C=C\C/C=C\CCC(=O)NC(CO)C(O)CCCCCCCCCCCCCC. The number of ether oxygens (including phenoxy) is 1. The lowest BCUT2D eigenvalue weighted by Gasteiger charge is -2.22. The third-order valence-corrected chi connectivity index (χ3v) is 11.0. The second-order valence-electron chi connectivity index (χ2n) is 16.4. The van der Waals surface area contributed by atoms with Gasteiger partial charge in [0.15, 0.2) is 0 Å². The molecule has 0 aromatic rings. The Hall–Kier alpha value is -1.66. The number of carbonyl (C=O) groups is 2. The normalized spacial score (nSPS) is 12.9. The third kappa shape index (κ3) is 41.8. The Bertz CT molecular complexity index is 858. The summed E-state index contributed by atoms with van der Waals surface area (Å²) in [6.07, 6.45) is 51.5. The maximum Gasteiger partial charge on any atom is 0.305 e. The van der Waals surface area contributed by atoms with Gasteiger partial charge in [-0.2, -0.15) is 0 Å². The van der Waals surface area contributed by atoms with Crippen molar-refractivity contribution in [2.45, 2.75) is 264 Å². The smallest absolute Gasteiger partial charge is 0.305 e. The minimum atomic E-state index is -0.697. The van der Waals surface area contributed by atoms with Gasteiger partial charge < -0.3 is 20.3 Å². The topological polar surface area (TPSA) is 95.9 Å². The number of aliphatic hydroxyl groups excluding tert-OH is 2. The molecule has 0 fully saturated rings. The van der Waals surface area contributed by atoms with E-state index in [2.05, 4.69) is 37.4 Å². The van der Waals surface area contributed by atoms with Crippen LogP contribution in [0.4, 0.5) is 0 Å². The van der Waals surface area contributed by atoms with E-state index < -0.39 is 12.1 Å². The molecule has 0 saturated carbocycles. The molecule has 0 spiro atoms. The predicted octanol–water partition coefficient (Wildman–Crippen LogP) is 14.0. The molecule has 0 saturated heterocycles. The lowest BCUT2D eigenvalue weighted by atomic mass is 10.0. The van der Waals surface area contributed by atoms with Crippen molar-refractivity contribution < 1.29 is 24.5 Å². The van der Waals surface area contributed by atoms with Crippen molar-refractivity contribution in [1.29, 1.82) is 0 Å². The fourth-order valence-electron chi connectivity index (χ4n) is 7.28. The van der Waals surface area contributed by atoms with Crippen molar-refractivity contribution in [3.8, 4) is 0 Å². The standard InChI is InChI=1S/C49H93NO5/c1-3-5-7-9-11-13-15-18-23-27-31-35-39-43-49(54)55-44-40-36-32-28-24-20-17-19-22-26-30-34-38-42-48(53)50-46(45-51)47(52)41-37-33-29-25-21-16-14-12-10-8-6-4-2/h19,22,30,34,46-47,51-52H,3-18,20-21,23-29,31-33,35-45H2,1-2H3,(H,50,53)/b22-19-,34-30-. The van der Waals surface area contributed by atoms with Gasteiger partial charge in [-0.05, 0) is 44.9 Å². The maximum atomic E-state index is 12.4. The number of allylic oxidation sites excluding steroid dienone is 4. The summed E-state index contributed by atoms with van der Waals surface area (Å²) in [5, 5.41) is 23.0. The Morgan fingerprint density at radius 3 is 1.42 bits per heavy atom. The van der Waals surface area contributed by atoms with Crippen LogP contribution in [0, 0.1) is 0 Å². The average molecular weight is 776 g/mol. The van der Waals surface area contributed by atoms with Gasteiger partial charge in [0.1, 0.15) is 0 Å². The quantitative estimate of drug-likeness (QED) is 0.0325. The molecular weight excluding hydrogens is 683 g/mol. The average Bonchev–Trinajstić information content (AvgIpc) is 3.18. The van der Waals surface area contributed by atoms with Crippen molar-refractivity contribution in [2.75, 3.05) is 13.2 Å². The summed E-state index contributed by atoms with van der Waals surface area (Å²) in [4.78, 5) is 24.4. The number of hydrogen-bond donors (Lipinski definition) is 3. The summed E-state index contributed by atoms with van der Waals surface area (Å²) < 4.78 is 5.44. The van der Waals surface area contributed by atoms with E-state index in [0.29, 0.717) is 32.3 Å². The fraction of sp³-hybridized carbons (Fsp3) is 0.878. The van der Waals surface area contributed by atoms with Gasteiger partial charge >= 0.3 is 5.97 Å². The van der Waals surface area contributed by atoms with Gasteiger partial charge in [0.2, 0.25) is 5.91 Å². The van der Waals surface area contributed by atoms with E-state index in [0.717, 1.165) is 51.4 Å². The van der Waals surface area contributed by atoms with Crippen LogP contribution < -0.4 is 5.32 Å². The van der Waals surface area contributed by atoms with Gasteiger partial charge in [-0.15, -0.1) is 0 Å². The molecule has 3 N–H and O–H groups in total. The molecule has 0 rings (SSSR count). The minimum absolute atomic E-state index is 0.0160. The van der Waals surface area contributed by atoms with E-state index in [9.17, 15) is 19.8 Å². The zero-order valence-electron chi connectivity index (χ0n) is 36.7. The van der Waals surface area contributed by atoms with Crippen LogP contribution in [0.5, 0.6) is 0 Å². The van der Waals surface area contributed by atoms with Crippen LogP contribution in [0.15, 0.2) is 24.3 Å². The summed E-state index contributed by atoms with van der Waals surface area (Å²) in [6.45, 7) is 4.87. The second kappa shape index (κ2) is 45.0. The van der Waals surface area contributed by atoms with Gasteiger partial charge in [0.25, 0.3) is 0 Å². The van der Waals surface area contributed by atoms with E-state index in [1.807, 2.05) is 6.08 Å². The summed E-state index contributed by atoms with van der Waals surface area (Å²) in [6, 6.07) is -0.583. The van der Waals surface area contributed by atoms with E-state index >= 15 is 0 Å². The Morgan fingerprint density at radius 1 is 0.509 bits per heavy atom. The van der Waals surface area contributed by atoms with Crippen LogP contribution in [-0.4, -0.2) is 47.4 Å². The van der Waals surface area contributed by atoms with Gasteiger partial charge in [0, 0.05) is 12.8 Å². The van der Waals surface area contributed by atoms with E-state index in [1.54, 1.807) is 0 Å². The van der Waals surface area contributed by atoms with Gasteiger partial charge in [0.05, 0.1) is 25.4 Å². The van der Waals surface area contributed by atoms with Crippen LogP contribution in [0.1, 0.15) is 251 Å². The molecule has 0 aromatic carbocycles. The summed E-state index contributed by atoms with van der Waals surface area (Å²) >= 11 is 0. The molecule has 0 heterocycles. The van der Waals surface area contributed by atoms with Crippen molar-refractivity contribution in [1.82, 2.24) is 5.32 Å². The largest absolute Gasteiger partial charge is 0.466 e. The first-order valence-electron chi connectivity index (χ1n) is 24.1. The summed E-state index contributed by atoms with van der Waals surface area (Å²) in [5.41, 5.74) is 0. The molecule has 324 valence electrons. The van der Waals surface area contributed by atoms with E-state index in [4.69, 9.17) is 4.74 Å². The van der Waals surface area contributed by atoms with Crippen LogP contribution in [0.2, 0.25) is 0 Å². The predicted molar refractivity (Wildman–Crippen MR) is 236 cm³/mol. The number of amides is 1. The molecule has 55 heavy (non-hydrogen) atoms. The highest BCUT2D eigenvalue weighted by Crippen LogP contribution is 2.16. The molecule has 6 nitrogen and oxygen atoms in total. The highest BCUT2D eigenvalue weighted by atomic mass is 16.5. The summed E-state index contributed by atoms with van der Waals surface area (Å²) in [7, 11) is 0. The number of esters is 1. The van der Waals surface area contributed by atoms with Gasteiger partial charge in [-0.3, -0.25) is 9.59 Å². The Balaban J connectivity index is 3.55. The lowest BCUT2D eigenvalue weighted by molar-refractivity contribution is -0.143. The zero-order valence-corrected chi connectivity index (χ0v) is 36.7. The highest BCUT2D eigenvalue weighted by Gasteiger charge is 2.19. The van der Waals surface area contributed by atoms with Crippen molar-refractivity contribution in [3.63, 3.8) is 0 Å². The molecule has 0 radical (unpaired) electrons. The monoisotopic (exact) mass is 776 g/mol. The molecule has 1 amide bonds.